The van der Waals surface area contributed by atoms with Crippen LogP contribution in [-0.2, 0) is 16.2 Å². The first kappa shape index (κ1) is 20.4. The van der Waals surface area contributed by atoms with Gasteiger partial charge in [-0.2, -0.15) is 0 Å². The van der Waals surface area contributed by atoms with Crippen LogP contribution in [0.15, 0.2) is 84.4 Å². The highest BCUT2D eigenvalue weighted by Crippen LogP contribution is 2.26. The zero-order chi connectivity index (χ0) is 21.8. The Kier molecular flexibility index (Phi) is 5.86. The highest BCUT2D eigenvalue weighted by atomic mass is 32.1. The minimum Gasteiger partial charge on any atom is -0.488 e. The number of hydrogen-bond donors (Lipinski definition) is 1. The molecule has 0 saturated carbocycles. The van der Waals surface area contributed by atoms with Crippen molar-refractivity contribution in [1.82, 2.24) is 5.32 Å². The maximum Gasteiger partial charge on any atom is 0.270 e. The number of nitrogens with one attached hydrogen (secondary N) is 1. The summed E-state index contributed by atoms with van der Waals surface area (Å²) >= 11 is 5.20. The predicted molar refractivity (Wildman–Crippen MR) is 120 cm³/mol. The second kappa shape index (κ2) is 8.89. The van der Waals surface area contributed by atoms with Gasteiger partial charge in [0, 0.05) is 5.56 Å². The van der Waals surface area contributed by atoms with Crippen LogP contribution >= 0.6 is 12.2 Å². The number of amides is 2. The fourth-order valence-corrected chi connectivity index (χ4v) is 3.42. The van der Waals surface area contributed by atoms with Crippen LogP contribution < -0.4 is 15.0 Å². The lowest BCUT2D eigenvalue weighted by Gasteiger charge is -2.28. The maximum atomic E-state index is 13.4. The van der Waals surface area contributed by atoms with Gasteiger partial charge in [0.05, 0.1) is 5.69 Å². The van der Waals surface area contributed by atoms with Gasteiger partial charge in [-0.15, -0.1) is 0 Å². The first-order valence-electron chi connectivity index (χ1n) is 9.46. The van der Waals surface area contributed by atoms with Gasteiger partial charge in [0.1, 0.15) is 23.7 Å². The van der Waals surface area contributed by atoms with E-state index < -0.39 is 11.8 Å². The number of carbonyl (C=O) groups excluding carboxylic acids is 2. The van der Waals surface area contributed by atoms with Gasteiger partial charge in [-0.3, -0.25) is 19.8 Å². The number of anilines is 1. The number of hydrogen-bond acceptors (Lipinski definition) is 4. The number of thiocarbonyl (C=S) groups is 1. The van der Waals surface area contributed by atoms with Crippen molar-refractivity contribution in [3.63, 3.8) is 0 Å². The number of rotatable bonds is 5. The van der Waals surface area contributed by atoms with Crippen molar-refractivity contribution in [1.29, 1.82) is 0 Å². The Morgan fingerprint density at radius 1 is 0.968 bits per heavy atom. The van der Waals surface area contributed by atoms with E-state index in [9.17, 15) is 14.0 Å². The molecule has 1 saturated heterocycles. The van der Waals surface area contributed by atoms with Gasteiger partial charge in [0.25, 0.3) is 11.8 Å². The van der Waals surface area contributed by atoms with Crippen LogP contribution in [0.2, 0.25) is 0 Å². The molecular weight excluding hydrogens is 415 g/mol. The van der Waals surface area contributed by atoms with E-state index in [1.807, 2.05) is 6.07 Å². The lowest BCUT2D eigenvalue weighted by Crippen LogP contribution is -2.54. The molecule has 0 aliphatic carbocycles. The third-order valence-corrected chi connectivity index (χ3v) is 4.90. The summed E-state index contributed by atoms with van der Waals surface area (Å²) < 4.78 is 19.2. The highest BCUT2D eigenvalue weighted by molar-refractivity contribution is 7.80. The van der Waals surface area contributed by atoms with E-state index in [1.165, 1.54) is 23.1 Å². The molecule has 31 heavy (non-hydrogen) atoms. The highest BCUT2D eigenvalue weighted by Gasteiger charge is 2.34. The van der Waals surface area contributed by atoms with E-state index in [2.05, 4.69) is 5.32 Å². The van der Waals surface area contributed by atoms with Crippen LogP contribution in [0, 0.1) is 5.82 Å². The summed E-state index contributed by atoms with van der Waals surface area (Å²) in [5.41, 5.74) is 1.69. The minimum absolute atomic E-state index is 0.0222. The van der Waals surface area contributed by atoms with Crippen LogP contribution in [0.1, 0.15) is 11.1 Å². The fourth-order valence-electron chi connectivity index (χ4n) is 3.14. The first-order valence-corrected chi connectivity index (χ1v) is 9.86. The number of carbonyl (C=O) groups is 2. The molecule has 154 valence electrons. The molecule has 0 atom stereocenters. The van der Waals surface area contributed by atoms with Crippen molar-refractivity contribution >= 4 is 40.9 Å². The number of halogens is 1. The molecule has 3 aromatic rings. The van der Waals surface area contributed by atoms with Crippen LogP contribution in [-0.4, -0.2) is 16.9 Å². The molecule has 0 unspecified atom stereocenters. The Morgan fingerprint density at radius 3 is 2.48 bits per heavy atom. The van der Waals surface area contributed by atoms with E-state index in [0.717, 1.165) is 0 Å². The molecule has 5 nitrogen and oxygen atoms in total. The summed E-state index contributed by atoms with van der Waals surface area (Å²) in [5, 5.41) is 2.58. The average Bonchev–Trinajstić information content (AvgIpc) is 2.76. The third-order valence-electron chi connectivity index (χ3n) is 4.62. The second-order valence-electron chi connectivity index (χ2n) is 6.75. The summed E-state index contributed by atoms with van der Waals surface area (Å²) in [6, 6.07) is 21.9. The molecule has 0 spiro atoms. The lowest BCUT2D eigenvalue weighted by atomic mass is 10.1. The predicted octanol–water partition coefficient (Wildman–Crippen LogP) is 4.24. The van der Waals surface area contributed by atoms with Crippen LogP contribution in [0.3, 0.4) is 0 Å². The van der Waals surface area contributed by atoms with E-state index in [-0.39, 0.29) is 23.1 Å². The molecular formula is C24H17FN2O3S. The lowest BCUT2D eigenvalue weighted by molar-refractivity contribution is -0.122. The van der Waals surface area contributed by atoms with E-state index in [0.29, 0.717) is 22.6 Å². The molecule has 0 aromatic heterocycles. The minimum atomic E-state index is -0.581. The molecule has 4 rings (SSSR count). The van der Waals surface area contributed by atoms with Crippen molar-refractivity contribution in [3.8, 4) is 5.75 Å². The first-order chi connectivity index (χ1) is 15.0. The van der Waals surface area contributed by atoms with E-state index >= 15 is 0 Å². The zero-order valence-electron chi connectivity index (χ0n) is 16.2. The summed E-state index contributed by atoms with van der Waals surface area (Å²) in [7, 11) is 0. The molecule has 1 fully saturated rings. The molecule has 0 bridgehead atoms. The van der Waals surface area contributed by atoms with Gasteiger partial charge < -0.3 is 4.74 Å². The molecule has 1 heterocycles. The normalized spacial score (nSPS) is 15.2. The standard InChI is InChI=1S/C24H17FN2O3S/c25-18-9-6-7-16(13-18)15-30-21-12-5-4-8-17(21)14-20-22(28)26-24(31)27(23(20)29)19-10-2-1-3-11-19/h1-14H,15H2,(H,26,28,31)/b20-14-. The van der Waals surface area contributed by atoms with Gasteiger partial charge in [-0.25, -0.2) is 4.39 Å². The molecule has 3 aromatic carbocycles. The summed E-state index contributed by atoms with van der Waals surface area (Å²) in [4.78, 5) is 26.9. The Labute approximate surface area is 183 Å². The molecule has 1 aliphatic heterocycles. The van der Waals surface area contributed by atoms with Gasteiger partial charge in [-0.1, -0.05) is 48.5 Å². The Morgan fingerprint density at radius 2 is 1.71 bits per heavy atom. The monoisotopic (exact) mass is 432 g/mol. The topological polar surface area (TPSA) is 58.6 Å². The number of para-hydroxylation sites is 2. The van der Waals surface area contributed by atoms with E-state index in [4.69, 9.17) is 17.0 Å². The van der Waals surface area contributed by atoms with Gasteiger partial charge in [0.15, 0.2) is 5.11 Å². The van der Waals surface area contributed by atoms with Crippen LogP contribution in [0.4, 0.5) is 10.1 Å². The number of ether oxygens (including phenoxy) is 1. The summed E-state index contributed by atoms with van der Waals surface area (Å²) in [6.45, 7) is 0.137. The number of benzene rings is 3. The SMILES string of the molecule is O=C1NC(=S)N(c2ccccc2)C(=O)/C1=C\c1ccccc1OCc1cccc(F)c1. The molecule has 2 amide bonds. The van der Waals surface area contributed by atoms with Crippen LogP contribution in [0.5, 0.6) is 5.75 Å². The second-order valence-corrected chi connectivity index (χ2v) is 7.14. The molecule has 0 radical (unpaired) electrons. The quantitative estimate of drug-likeness (QED) is 0.372. The summed E-state index contributed by atoms with van der Waals surface area (Å²) in [5.74, 6) is -1.00. The zero-order valence-corrected chi connectivity index (χ0v) is 17.1. The average molecular weight is 432 g/mol. The van der Waals surface area contributed by atoms with Gasteiger partial charge >= 0.3 is 0 Å². The van der Waals surface area contributed by atoms with Crippen molar-refractivity contribution < 1.29 is 18.7 Å². The van der Waals surface area contributed by atoms with Crippen molar-refractivity contribution in [2.75, 3.05) is 4.90 Å². The molecule has 1 aliphatic rings. The third kappa shape index (κ3) is 4.51. The molecule has 7 heteroatoms. The van der Waals surface area contributed by atoms with Crippen molar-refractivity contribution in [2.45, 2.75) is 6.61 Å². The Hall–Kier alpha value is -3.84. The van der Waals surface area contributed by atoms with E-state index in [1.54, 1.807) is 60.7 Å². The van der Waals surface area contributed by atoms with Gasteiger partial charge in [0.2, 0.25) is 0 Å². The van der Waals surface area contributed by atoms with Crippen molar-refractivity contribution in [2.24, 2.45) is 0 Å². The molecule has 1 N–H and O–H groups in total. The van der Waals surface area contributed by atoms with Crippen LogP contribution in [0.25, 0.3) is 6.08 Å². The number of nitrogens with zero attached hydrogens (tertiary/aromatic N) is 1. The summed E-state index contributed by atoms with van der Waals surface area (Å²) in [6.07, 6.45) is 1.47. The fraction of sp³-hybridized carbons (Fsp3) is 0.0417. The van der Waals surface area contributed by atoms with Gasteiger partial charge in [-0.05, 0) is 54.2 Å². The smallest absolute Gasteiger partial charge is 0.270 e. The van der Waals surface area contributed by atoms with Crippen molar-refractivity contribution in [3.05, 3.63) is 101 Å². The Bertz CT molecular complexity index is 1190. The Balaban J connectivity index is 1.63. The largest absolute Gasteiger partial charge is 0.488 e. The maximum absolute atomic E-state index is 13.4.